The molecule has 0 aliphatic heterocycles. The van der Waals surface area contributed by atoms with Gasteiger partial charge in [0, 0.05) is 36.3 Å². The zero-order valence-electron chi connectivity index (χ0n) is 16.0. The quantitative estimate of drug-likeness (QED) is 0.655. The maximum Gasteiger partial charge on any atom is 0.153 e. The molecule has 2 aromatic heterocycles. The van der Waals surface area contributed by atoms with Gasteiger partial charge in [-0.15, -0.1) is 5.10 Å². The van der Waals surface area contributed by atoms with Crippen LogP contribution < -0.4 is 5.32 Å². The number of pyridine rings is 1. The van der Waals surface area contributed by atoms with Crippen molar-refractivity contribution in [1.29, 1.82) is 0 Å². The van der Waals surface area contributed by atoms with Gasteiger partial charge in [-0.2, -0.15) is 0 Å². The maximum absolute atomic E-state index is 5.39. The average Bonchev–Trinajstić information content (AvgIpc) is 3.16. The lowest BCUT2D eigenvalue weighted by molar-refractivity contribution is 0.276. The molecule has 0 saturated heterocycles. The SMILES string of the molecule is COC1=CC(Nc2cc(CCc3cccnc3)n(-c3ccccc3)n2)=CCC1. The summed E-state index contributed by atoms with van der Waals surface area (Å²) in [6, 6.07) is 16.5. The molecule has 0 amide bonds. The van der Waals surface area contributed by atoms with Crippen molar-refractivity contribution in [3.63, 3.8) is 0 Å². The van der Waals surface area contributed by atoms with E-state index in [0.717, 1.165) is 54.3 Å². The Balaban J connectivity index is 1.59. The number of nitrogens with zero attached hydrogens (tertiary/aromatic N) is 3. The zero-order chi connectivity index (χ0) is 19.2. The molecule has 0 unspecified atom stereocenters. The van der Waals surface area contributed by atoms with Crippen molar-refractivity contribution >= 4 is 5.82 Å². The fraction of sp³-hybridized carbons (Fsp3) is 0.217. The predicted octanol–water partition coefficient (Wildman–Crippen LogP) is 4.67. The lowest BCUT2D eigenvalue weighted by Gasteiger charge is -2.13. The van der Waals surface area contributed by atoms with Crippen LogP contribution in [-0.2, 0) is 17.6 Å². The van der Waals surface area contributed by atoms with Gasteiger partial charge in [-0.05, 0) is 49.1 Å². The standard InChI is InChI=1S/C23H24N4O/c1-28-22-11-5-8-19(15-22)25-23-16-21(13-12-18-7-6-14-24-17-18)27(26-23)20-9-3-2-4-10-20/h2-4,6-10,14-17H,5,11-13H2,1H3,(H,25,26). The van der Waals surface area contributed by atoms with Gasteiger partial charge in [-0.25, -0.2) is 4.68 Å². The Morgan fingerprint density at radius 1 is 1.11 bits per heavy atom. The third-order valence-electron chi connectivity index (χ3n) is 4.78. The summed E-state index contributed by atoms with van der Waals surface area (Å²) >= 11 is 0. The summed E-state index contributed by atoms with van der Waals surface area (Å²) in [5.74, 6) is 1.83. The number of nitrogens with one attached hydrogen (secondary N) is 1. The zero-order valence-corrected chi connectivity index (χ0v) is 16.0. The Morgan fingerprint density at radius 3 is 2.79 bits per heavy atom. The minimum absolute atomic E-state index is 0.838. The van der Waals surface area contributed by atoms with Crippen LogP contribution in [-0.4, -0.2) is 21.9 Å². The molecule has 1 aromatic carbocycles. The molecule has 28 heavy (non-hydrogen) atoms. The molecule has 142 valence electrons. The molecule has 4 rings (SSSR count). The Bertz CT molecular complexity index is 974. The van der Waals surface area contributed by atoms with E-state index >= 15 is 0 Å². The molecule has 1 N–H and O–H groups in total. The first kappa shape index (κ1) is 18.0. The van der Waals surface area contributed by atoms with Gasteiger partial charge in [0.15, 0.2) is 5.82 Å². The highest BCUT2D eigenvalue weighted by Gasteiger charge is 2.12. The van der Waals surface area contributed by atoms with Gasteiger partial charge >= 0.3 is 0 Å². The molecule has 1 aliphatic rings. The van der Waals surface area contributed by atoms with Crippen LogP contribution in [0.2, 0.25) is 0 Å². The van der Waals surface area contributed by atoms with Crippen LogP contribution in [0.4, 0.5) is 5.82 Å². The molecule has 1 aliphatic carbocycles. The normalized spacial score (nSPS) is 13.6. The number of rotatable bonds is 7. The third-order valence-corrected chi connectivity index (χ3v) is 4.78. The van der Waals surface area contributed by atoms with E-state index in [0.29, 0.717) is 0 Å². The Labute approximate surface area is 165 Å². The summed E-state index contributed by atoms with van der Waals surface area (Å²) in [6.07, 6.45) is 11.7. The molecule has 2 heterocycles. The van der Waals surface area contributed by atoms with Crippen molar-refractivity contribution in [1.82, 2.24) is 14.8 Å². The van der Waals surface area contributed by atoms with E-state index in [1.165, 1.54) is 5.56 Å². The van der Waals surface area contributed by atoms with E-state index in [4.69, 9.17) is 9.84 Å². The van der Waals surface area contributed by atoms with Crippen molar-refractivity contribution in [2.75, 3.05) is 12.4 Å². The summed E-state index contributed by atoms with van der Waals surface area (Å²) in [5.41, 5.74) is 4.47. The fourth-order valence-corrected chi connectivity index (χ4v) is 3.34. The Kier molecular flexibility index (Phi) is 5.52. The Morgan fingerprint density at radius 2 is 2.00 bits per heavy atom. The van der Waals surface area contributed by atoms with Crippen LogP contribution in [0, 0.1) is 0 Å². The van der Waals surface area contributed by atoms with Crippen molar-refractivity contribution in [3.05, 3.63) is 95.8 Å². The van der Waals surface area contributed by atoms with E-state index in [1.54, 1.807) is 13.3 Å². The Hall–Kier alpha value is -3.34. The molecule has 0 fully saturated rings. The van der Waals surface area contributed by atoms with Crippen LogP contribution in [0.1, 0.15) is 24.1 Å². The minimum atomic E-state index is 0.838. The number of allylic oxidation sites excluding steroid dienone is 3. The number of hydrogen-bond acceptors (Lipinski definition) is 4. The number of methoxy groups -OCH3 is 1. The van der Waals surface area contributed by atoms with Gasteiger partial charge in [0.1, 0.15) is 0 Å². The molecule has 5 nitrogen and oxygen atoms in total. The van der Waals surface area contributed by atoms with Crippen LogP contribution >= 0.6 is 0 Å². The summed E-state index contributed by atoms with van der Waals surface area (Å²) in [7, 11) is 1.72. The van der Waals surface area contributed by atoms with Gasteiger partial charge < -0.3 is 10.1 Å². The number of para-hydroxylation sites is 1. The van der Waals surface area contributed by atoms with Crippen molar-refractivity contribution < 1.29 is 4.74 Å². The van der Waals surface area contributed by atoms with Crippen molar-refractivity contribution in [3.8, 4) is 5.69 Å². The highest BCUT2D eigenvalue weighted by Crippen LogP contribution is 2.22. The number of aromatic nitrogens is 3. The van der Waals surface area contributed by atoms with Gasteiger partial charge in [-0.1, -0.05) is 30.3 Å². The number of anilines is 1. The first-order chi connectivity index (χ1) is 13.8. The second-order valence-electron chi connectivity index (χ2n) is 6.77. The number of hydrogen-bond donors (Lipinski definition) is 1. The fourth-order valence-electron chi connectivity index (χ4n) is 3.34. The van der Waals surface area contributed by atoms with E-state index in [9.17, 15) is 0 Å². The predicted molar refractivity (Wildman–Crippen MR) is 111 cm³/mol. The third kappa shape index (κ3) is 4.31. The van der Waals surface area contributed by atoms with E-state index in [-0.39, 0.29) is 0 Å². The monoisotopic (exact) mass is 372 g/mol. The number of ether oxygens (including phenoxy) is 1. The second kappa shape index (κ2) is 8.57. The molecule has 0 radical (unpaired) electrons. The smallest absolute Gasteiger partial charge is 0.153 e. The first-order valence-corrected chi connectivity index (χ1v) is 9.57. The molecule has 5 heteroatoms. The first-order valence-electron chi connectivity index (χ1n) is 9.57. The van der Waals surface area contributed by atoms with E-state index in [2.05, 4.69) is 40.6 Å². The van der Waals surface area contributed by atoms with Gasteiger partial charge in [0.2, 0.25) is 0 Å². The van der Waals surface area contributed by atoms with E-state index < -0.39 is 0 Å². The summed E-state index contributed by atoms with van der Waals surface area (Å²) in [5, 5.41) is 8.25. The molecule has 0 bridgehead atoms. The van der Waals surface area contributed by atoms with E-state index in [1.807, 2.05) is 41.2 Å². The summed E-state index contributed by atoms with van der Waals surface area (Å²) in [6.45, 7) is 0. The minimum Gasteiger partial charge on any atom is -0.501 e. The maximum atomic E-state index is 5.39. The largest absolute Gasteiger partial charge is 0.501 e. The molecular formula is C23H24N4O. The van der Waals surface area contributed by atoms with Gasteiger partial charge in [0.25, 0.3) is 0 Å². The second-order valence-corrected chi connectivity index (χ2v) is 6.77. The molecule has 0 spiro atoms. The average molecular weight is 372 g/mol. The van der Waals surface area contributed by atoms with Gasteiger partial charge in [-0.3, -0.25) is 4.98 Å². The molecule has 0 atom stereocenters. The lowest BCUT2D eigenvalue weighted by atomic mass is 10.1. The lowest BCUT2D eigenvalue weighted by Crippen LogP contribution is -2.05. The summed E-state index contributed by atoms with van der Waals surface area (Å²) < 4.78 is 7.41. The van der Waals surface area contributed by atoms with Crippen LogP contribution in [0.15, 0.2) is 84.5 Å². The highest BCUT2D eigenvalue weighted by atomic mass is 16.5. The summed E-state index contributed by atoms with van der Waals surface area (Å²) in [4.78, 5) is 4.21. The topological polar surface area (TPSA) is 52.0 Å². The molecule has 3 aromatic rings. The van der Waals surface area contributed by atoms with Crippen LogP contribution in [0.3, 0.4) is 0 Å². The van der Waals surface area contributed by atoms with Crippen molar-refractivity contribution in [2.24, 2.45) is 0 Å². The highest BCUT2D eigenvalue weighted by molar-refractivity contribution is 5.49. The number of aryl methyl sites for hydroxylation is 2. The van der Waals surface area contributed by atoms with Crippen molar-refractivity contribution in [2.45, 2.75) is 25.7 Å². The molecule has 0 saturated carbocycles. The van der Waals surface area contributed by atoms with Crippen LogP contribution in [0.25, 0.3) is 5.69 Å². The number of benzene rings is 1. The van der Waals surface area contributed by atoms with Gasteiger partial charge in [0.05, 0.1) is 18.6 Å². The molecular weight excluding hydrogens is 348 g/mol. The van der Waals surface area contributed by atoms with Crippen LogP contribution in [0.5, 0.6) is 0 Å².